The average Bonchev–Trinajstić information content (AvgIpc) is 2.14. The molecule has 0 heterocycles. The Morgan fingerprint density at radius 1 is 1.67 bits per heavy atom. The Morgan fingerprint density at radius 3 is 2.73 bits per heavy atom. The summed E-state index contributed by atoms with van der Waals surface area (Å²) in [6.07, 6.45) is 0.298. The monoisotopic (exact) mass is 231 g/mol. The Hall–Kier alpha value is -1.29. The van der Waals surface area contributed by atoms with Gasteiger partial charge in [-0.1, -0.05) is 18.5 Å². The van der Waals surface area contributed by atoms with Gasteiger partial charge in [0.05, 0.1) is 16.6 Å². The summed E-state index contributed by atoms with van der Waals surface area (Å²) in [5.41, 5.74) is 5.57. The summed E-state index contributed by atoms with van der Waals surface area (Å²) < 4.78 is 13.4. The number of carboxylic acids is 1. The lowest BCUT2D eigenvalue weighted by Gasteiger charge is -2.12. The molecule has 1 unspecified atom stereocenters. The van der Waals surface area contributed by atoms with Crippen molar-refractivity contribution in [3.63, 3.8) is 0 Å². The zero-order valence-corrected chi connectivity index (χ0v) is 8.88. The number of halogens is 2. The van der Waals surface area contributed by atoms with E-state index in [0.717, 1.165) is 6.07 Å². The predicted molar refractivity (Wildman–Crippen MR) is 56.5 cm³/mol. The number of rotatable bonds is 3. The van der Waals surface area contributed by atoms with Crippen LogP contribution < -0.4 is 5.73 Å². The van der Waals surface area contributed by atoms with Gasteiger partial charge < -0.3 is 10.8 Å². The molecule has 3 N–H and O–H groups in total. The van der Waals surface area contributed by atoms with Gasteiger partial charge in [-0.05, 0) is 18.6 Å². The molecule has 0 saturated heterocycles. The lowest BCUT2D eigenvalue weighted by molar-refractivity contribution is -0.138. The van der Waals surface area contributed by atoms with Crippen LogP contribution in [0.4, 0.5) is 10.1 Å². The van der Waals surface area contributed by atoms with E-state index in [1.807, 2.05) is 0 Å². The molecule has 0 saturated carbocycles. The van der Waals surface area contributed by atoms with Crippen LogP contribution in [0.2, 0.25) is 5.02 Å². The molecule has 0 fully saturated rings. The maximum absolute atomic E-state index is 13.4. The summed E-state index contributed by atoms with van der Waals surface area (Å²) >= 11 is 5.71. The number of nitrogen functional groups attached to an aromatic ring is 1. The van der Waals surface area contributed by atoms with E-state index in [2.05, 4.69) is 0 Å². The molecule has 15 heavy (non-hydrogen) atoms. The minimum atomic E-state index is -1.07. The molecular formula is C10H11ClFNO2. The van der Waals surface area contributed by atoms with Gasteiger partial charge >= 0.3 is 5.97 Å². The lowest BCUT2D eigenvalue weighted by Crippen LogP contribution is -2.12. The van der Waals surface area contributed by atoms with Crippen molar-refractivity contribution in [2.45, 2.75) is 19.3 Å². The third-order valence-corrected chi connectivity index (χ3v) is 2.53. The third kappa shape index (κ3) is 2.39. The van der Waals surface area contributed by atoms with Crippen molar-refractivity contribution in [1.82, 2.24) is 0 Å². The normalized spacial score (nSPS) is 12.5. The SMILES string of the molecule is CCC(C(=O)O)c1cc(Cl)c(N)cc1F. The van der Waals surface area contributed by atoms with Crippen molar-refractivity contribution in [2.75, 3.05) is 5.73 Å². The first-order valence-electron chi connectivity index (χ1n) is 4.44. The number of benzene rings is 1. The van der Waals surface area contributed by atoms with E-state index in [1.165, 1.54) is 6.07 Å². The molecular weight excluding hydrogens is 221 g/mol. The van der Waals surface area contributed by atoms with Gasteiger partial charge in [0.25, 0.3) is 0 Å². The molecule has 1 aromatic carbocycles. The number of aliphatic carboxylic acids is 1. The zero-order valence-electron chi connectivity index (χ0n) is 8.13. The van der Waals surface area contributed by atoms with Crippen LogP contribution in [0.3, 0.4) is 0 Å². The molecule has 0 radical (unpaired) electrons. The molecule has 0 aliphatic rings. The summed E-state index contributed by atoms with van der Waals surface area (Å²) in [5.74, 6) is -2.59. The second kappa shape index (κ2) is 4.49. The van der Waals surface area contributed by atoms with Crippen LogP contribution in [0, 0.1) is 5.82 Å². The molecule has 0 bridgehead atoms. The number of carboxylic acid groups (broad SMARTS) is 1. The van der Waals surface area contributed by atoms with E-state index in [0.29, 0.717) is 6.42 Å². The van der Waals surface area contributed by atoms with E-state index in [4.69, 9.17) is 22.4 Å². The van der Waals surface area contributed by atoms with Crippen LogP contribution in [0.1, 0.15) is 24.8 Å². The Kier molecular flexibility index (Phi) is 3.52. The van der Waals surface area contributed by atoms with Crippen molar-refractivity contribution in [3.05, 3.63) is 28.5 Å². The van der Waals surface area contributed by atoms with Gasteiger partial charge in [-0.25, -0.2) is 4.39 Å². The highest BCUT2D eigenvalue weighted by Crippen LogP contribution is 2.29. The molecule has 1 aromatic rings. The van der Waals surface area contributed by atoms with Crippen LogP contribution in [0.5, 0.6) is 0 Å². The Labute approximate surface area is 91.7 Å². The van der Waals surface area contributed by atoms with Crippen molar-refractivity contribution in [1.29, 1.82) is 0 Å². The van der Waals surface area contributed by atoms with Crippen LogP contribution in [0.15, 0.2) is 12.1 Å². The van der Waals surface area contributed by atoms with E-state index >= 15 is 0 Å². The highest BCUT2D eigenvalue weighted by Gasteiger charge is 2.22. The molecule has 3 nitrogen and oxygen atoms in total. The van der Waals surface area contributed by atoms with E-state index < -0.39 is 17.7 Å². The fraction of sp³-hybridized carbons (Fsp3) is 0.300. The minimum Gasteiger partial charge on any atom is -0.481 e. The fourth-order valence-corrected chi connectivity index (χ4v) is 1.54. The van der Waals surface area contributed by atoms with Crippen LogP contribution >= 0.6 is 11.6 Å². The molecule has 1 atom stereocenters. The Morgan fingerprint density at radius 2 is 2.27 bits per heavy atom. The van der Waals surface area contributed by atoms with Gasteiger partial charge in [-0.3, -0.25) is 4.79 Å². The summed E-state index contributed by atoms with van der Waals surface area (Å²) in [4.78, 5) is 10.8. The van der Waals surface area contributed by atoms with Gasteiger partial charge in [-0.2, -0.15) is 0 Å². The van der Waals surface area contributed by atoms with E-state index in [9.17, 15) is 9.18 Å². The van der Waals surface area contributed by atoms with Gasteiger partial charge in [0.1, 0.15) is 5.82 Å². The van der Waals surface area contributed by atoms with Crippen LogP contribution in [-0.2, 0) is 4.79 Å². The van der Waals surface area contributed by atoms with Crippen molar-refractivity contribution >= 4 is 23.3 Å². The number of hydrogen-bond acceptors (Lipinski definition) is 2. The largest absolute Gasteiger partial charge is 0.481 e. The first-order chi connectivity index (χ1) is 6.97. The van der Waals surface area contributed by atoms with Gasteiger partial charge in [0.2, 0.25) is 0 Å². The first-order valence-corrected chi connectivity index (χ1v) is 4.82. The number of hydrogen-bond donors (Lipinski definition) is 2. The zero-order chi connectivity index (χ0) is 11.6. The number of anilines is 1. The molecule has 0 aromatic heterocycles. The molecule has 0 amide bonds. The van der Waals surface area contributed by atoms with Crippen molar-refractivity contribution in [2.24, 2.45) is 0 Å². The Bertz CT molecular complexity index is 395. The standard InChI is InChI=1S/C10H11ClFNO2/c1-2-5(10(14)15)6-3-7(11)9(13)4-8(6)12/h3-5H,2,13H2,1H3,(H,14,15). The second-order valence-corrected chi connectivity index (χ2v) is 3.60. The van der Waals surface area contributed by atoms with Crippen molar-refractivity contribution in [3.8, 4) is 0 Å². The van der Waals surface area contributed by atoms with Gasteiger partial charge in [0.15, 0.2) is 0 Å². The van der Waals surface area contributed by atoms with Gasteiger partial charge in [-0.15, -0.1) is 0 Å². The van der Waals surface area contributed by atoms with Crippen molar-refractivity contribution < 1.29 is 14.3 Å². The predicted octanol–water partition coefficient (Wildman–Crippen LogP) is 2.64. The van der Waals surface area contributed by atoms with Gasteiger partial charge in [0, 0.05) is 5.56 Å². The third-order valence-electron chi connectivity index (χ3n) is 2.20. The summed E-state index contributed by atoms with van der Waals surface area (Å²) in [7, 11) is 0. The fourth-order valence-electron chi connectivity index (χ4n) is 1.37. The maximum atomic E-state index is 13.4. The number of nitrogens with two attached hydrogens (primary N) is 1. The molecule has 0 spiro atoms. The highest BCUT2D eigenvalue weighted by molar-refractivity contribution is 6.33. The topological polar surface area (TPSA) is 63.3 Å². The Balaban J connectivity index is 3.24. The molecule has 5 heteroatoms. The number of carbonyl (C=O) groups is 1. The molecule has 82 valence electrons. The van der Waals surface area contributed by atoms with Crippen LogP contribution in [0.25, 0.3) is 0 Å². The molecule has 1 rings (SSSR count). The highest BCUT2D eigenvalue weighted by atomic mass is 35.5. The van der Waals surface area contributed by atoms with Crippen LogP contribution in [-0.4, -0.2) is 11.1 Å². The summed E-state index contributed by atoms with van der Waals surface area (Å²) in [6, 6.07) is 2.32. The molecule has 0 aliphatic heterocycles. The minimum absolute atomic E-state index is 0.0733. The lowest BCUT2D eigenvalue weighted by atomic mass is 9.96. The molecule has 0 aliphatic carbocycles. The van der Waals surface area contributed by atoms with E-state index in [-0.39, 0.29) is 16.3 Å². The maximum Gasteiger partial charge on any atom is 0.311 e. The second-order valence-electron chi connectivity index (χ2n) is 3.19. The quantitative estimate of drug-likeness (QED) is 0.786. The smallest absolute Gasteiger partial charge is 0.311 e. The van der Waals surface area contributed by atoms with E-state index in [1.54, 1.807) is 6.92 Å². The summed E-state index contributed by atoms with van der Waals surface area (Å²) in [5, 5.41) is 9.04. The first kappa shape index (κ1) is 11.8. The average molecular weight is 232 g/mol. The summed E-state index contributed by atoms with van der Waals surface area (Å²) in [6.45, 7) is 1.67.